The highest BCUT2D eigenvalue weighted by Crippen LogP contribution is 2.31. The summed E-state index contributed by atoms with van der Waals surface area (Å²) in [5.74, 6) is 1.70. The molecule has 0 saturated heterocycles. The van der Waals surface area contributed by atoms with E-state index in [1.54, 1.807) is 11.3 Å². The van der Waals surface area contributed by atoms with Gasteiger partial charge in [-0.2, -0.15) is 21.4 Å². The monoisotopic (exact) mass is 405 g/mol. The van der Waals surface area contributed by atoms with Crippen LogP contribution in [-0.4, -0.2) is 25.8 Å². The maximum atomic E-state index is 12.7. The summed E-state index contributed by atoms with van der Waals surface area (Å²) in [4.78, 5) is 17.0. The van der Waals surface area contributed by atoms with Crippen molar-refractivity contribution >= 4 is 23.1 Å². The summed E-state index contributed by atoms with van der Waals surface area (Å²) < 4.78 is 7.12. The van der Waals surface area contributed by atoms with Gasteiger partial charge in [0.05, 0.1) is 11.4 Å². The number of thiophene rings is 1. The van der Waals surface area contributed by atoms with Gasteiger partial charge in [-0.3, -0.25) is 4.79 Å². The number of amides is 1. The van der Waals surface area contributed by atoms with Gasteiger partial charge in [0.25, 0.3) is 0 Å². The molecule has 1 aromatic carbocycles. The molecule has 1 amide bonds. The molecular formula is C21H19N5O2S. The number of hydrogen-bond donors (Lipinski definition) is 1. The second-order valence-electron chi connectivity index (χ2n) is 6.95. The second kappa shape index (κ2) is 7.63. The van der Waals surface area contributed by atoms with Gasteiger partial charge in [-0.1, -0.05) is 23.4 Å². The van der Waals surface area contributed by atoms with Crippen LogP contribution in [0.15, 0.2) is 51.7 Å². The molecule has 146 valence electrons. The van der Waals surface area contributed by atoms with E-state index in [0.29, 0.717) is 18.1 Å². The van der Waals surface area contributed by atoms with Crippen LogP contribution in [0.25, 0.3) is 17.1 Å². The van der Waals surface area contributed by atoms with Gasteiger partial charge in [-0.15, -0.1) is 0 Å². The fourth-order valence-electron chi connectivity index (χ4n) is 3.56. The molecule has 8 heteroatoms. The second-order valence-corrected chi connectivity index (χ2v) is 7.73. The lowest BCUT2D eigenvalue weighted by Crippen LogP contribution is -2.16. The van der Waals surface area contributed by atoms with Crippen LogP contribution >= 0.6 is 11.3 Å². The SMILES string of the molecule is O=C(CCc1nc(-c2ccsc2)no1)Nc1c2c(nn1-c1ccccc1)CCC2. The summed E-state index contributed by atoms with van der Waals surface area (Å²) in [6, 6.07) is 11.8. The summed E-state index contributed by atoms with van der Waals surface area (Å²) in [6.07, 6.45) is 3.62. The standard InChI is InChI=1S/C21H19N5O2S/c27-18(9-10-19-23-20(25-28-19)14-11-12-29-13-14)22-21-16-7-4-8-17(16)24-26(21)15-5-2-1-3-6-15/h1-3,5-6,11-13H,4,7-10H2,(H,22,27). The number of nitrogens with one attached hydrogen (secondary N) is 1. The summed E-state index contributed by atoms with van der Waals surface area (Å²) in [5.41, 5.74) is 4.08. The molecule has 0 bridgehead atoms. The molecule has 7 nitrogen and oxygen atoms in total. The number of aromatic nitrogens is 4. The number of nitrogens with zero attached hydrogens (tertiary/aromatic N) is 4. The van der Waals surface area contributed by atoms with Crippen molar-refractivity contribution in [3.05, 3.63) is 64.3 Å². The molecule has 0 atom stereocenters. The number of fused-ring (bicyclic) bond motifs is 1. The fraction of sp³-hybridized carbons (Fsp3) is 0.238. The van der Waals surface area contributed by atoms with E-state index in [4.69, 9.17) is 9.62 Å². The highest BCUT2D eigenvalue weighted by Gasteiger charge is 2.24. The molecule has 3 aromatic heterocycles. The van der Waals surface area contributed by atoms with Crippen LogP contribution in [0.3, 0.4) is 0 Å². The number of hydrogen-bond acceptors (Lipinski definition) is 6. The van der Waals surface area contributed by atoms with Gasteiger partial charge in [0.15, 0.2) is 0 Å². The minimum Gasteiger partial charge on any atom is -0.339 e. The Morgan fingerprint density at radius 1 is 1.21 bits per heavy atom. The van der Waals surface area contributed by atoms with Gasteiger partial charge in [-0.05, 0) is 42.8 Å². The number of rotatable bonds is 6. The first-order chi connectivity index (χ1) is 14.3. The number of aryl methyl sites for hydroxylation is 2. The number of para-hydroxylation sites is 1. The summed E-state index contributed by atoms with van der Waals surface area (Å²) in [7, 11) is 0. The van der Waals surface area contributed by atoms with Gasteiger partial charge < -0.3 is 9.84 Å². The minimum atomic E-state index is -0.0907. The topological polar surface area (TPSA) is 85.8 Å². The number of carbonyl (C=O) groups excluding carboxylic acids is 1. The van der Waals surface area contributed by atoms with Crippen molar-refractivity contribution in [3.8, 4) is 17.1 Å². The lowest BCUT2D eigenvalue weighted by molar-refractivity contribution is -0.116. The molecule has 5 rings (SSSR count). The third-order valence-electron chi connectivity index (χ3n) is 4.98. The van der Waals surface area contributed by atoms with Gasteiger partial charge in [0, 0.05) is 29.3 Å². The molecule has 0 spiro atoms. The molecule has 1 N–H and O–H groups in total. The fourth-order valence-corrected chi connectivity index (χ4v) is 4.19. The van der Waals surface area contributed by atoms with Crippen LogP contribution in [-0.2, 0) is 24.1 Å². The number of carbonyl (C=O) groups is 1. The van der Waals surface area contributed by atoms with Crippen molar-refractivity contribution in [1.82, 2.24) is 19.9 Å². The first-order valence-electron chi connectivity index (χ1n) is 9.59. The van der Waals surface area contributed by atoms with Crippen molar-refractivity contribution in [2.24, 2.45) is 0 Å². The largest absolute Gasteiger partial charge is 0.339 e. The van der Waals surface area contributed by atoms with E-state index in [-0.39, 0.29) is 12.3 Å². The zero-order chi connectivity index (χ0) is 19.6. The third kappa shape index (κ3) is 3.58. The molecule has 4 aromatic rings. The Kier molecular flexibility index (Phi) is 4.69. The lowest BCUT2D eigenvalue weighted by atomic mass is 10.2. The van der Waals surface area contributed by atoms with Crippen LogP contribution in [0.2, 0.25) is 0 Å². The Hall–Kier alpha value is -3.26. The zero-order valence-corrected chi connectivity index (χ0v) is 16.5. The Labute approximate surface area is 171 Å². The molecule has 0 saturated carbocycles. The van der Waals surface area contributed by atoms with E-state index in [2.05, 4.69) is 15.5 Å². The third-order valence-corrected chi connectivity index (χ3v) is 5.66. The van der Waals surface area contributed by atoms with Crippen LogP contribution in [0.5, 0.6) is 0 Å². The van der Waals surface area contributed by atoms with E-state index in [9.17, 15) is 4.79 Å². The quantitative estimate of drug-likeness (QED) is 0.523. The number of benzene rings is 1. The first-order valence-corrected chi connectivity index (χ1v) is 10.5. The van der Waals surface area contributed by atoms with E-state index < -0.39 is 0 Å². The lowest BCUT2D eigenvalue weighted by Gasteiger charge is -2.10. The Balaban J connectivity index is 1.30. The van der Waals surface area contributed by atoms with Crippen LogP contribution in [0.1, 0.15) is 30.0 Å². The van der Waals surface area contributed by atoms with E-state index in [1.165, 1.54) is 0 Å². The van der Waals surface area contributed by atoms with E-state index >= 15 is 0 Å². The van der Waals surface area contributed by atoms with E-state index in [1.807, 2.05) is 51.8 Å². The molecular weight excluding hydrogens is 386 g/mol. The van der Waals surface area contributed by atoms with E-state index in [0.717, 1.165) is 47.6 Å². The Morgan fingerprint density at radius 2 is 2.10 bits per heavy atom. The number of anilines is 1. The van der Waals surface area contributed by atoms with Crippen LogP contribution in [0.4, 0.5) is 5.82 Å². The highest BCUT2D eigenvalue weighted by molar-refractivity contribution is 7.08. The maximum absolute atomic E-state index is 12.7. The summed E-state index contributed by atoms with van der Waals surface area (Å²) >= 11 is 1.58. The van der Waals surface area contributed by atoms with Crippen molar-refractivity contribution in [3.63, 3.8) is 0 Å². The molecule has 0 aliphatic heterocycles. The maximum Gasteiger partial charge on any atom is 0.227 e. The Morgan fingerprint density at radius 3 is 2.93 bits per heavy atom. The minimum absolute atomic E-state index is 0.0907. The van der Waals surface area contributed by atoms with Crippen molar-refractivity contribution in [2.45, 2.75) is 32.1 Å². The molecule has 29 heavy (non-hydrogen) atoms. The summed E-state index contributed by atoms with van der Waals surface area (Å²) in [6.45, 7) is 0. The van der Waals surface area contributed by atoms with Crippen molar-refractivity contribution in [1.29, 1.82) is 0 Å². The molecule has 0 fully saturated rings. The zero-order valence-electron chi connectivity index (χ0n) is 15.7. The van der Waals surface area contributed by atoms with Gasteiger partial charge in [0.2, 0.25) is 17.6 Å². The molecule has 1 aliphatic rings. The van der Waals surface area contributed by atoms with Gasteiger partial charge >= 0.3 is 0 Å². The Bertz CT molecular complexity index is 1130. The van der Waals surface area contributed by atoms with Crippen LogP contribution < -0.4 is 5.32 Å². The van der Waals surface area contributed by atoms with Crippen molar-refractivity contribution < 1.29 is 9.32 Å². The van der Waals surface area contributed by atoms with Crippen molar-refractivity contribution in [2.75, 3.05) is 5.32 Å². The molecule has 3 heterocycles. The molecule has 1 aliphatic carbocycles. The summed E-state index contributed by atoms with van der Waals surface area (Å²) in [5, 5.41) is 15.7. The normalized spacial score (nSPS) is 12.8. The average Bonchev–Trinajstić information content (AvgIpc) is 3.52. The predicted octanol–water partition coefficient (Wildman–Crippen LogP) is 4.04. The highest BCUT2D eigenvalue weighted by atomic mass is 32.1. The van der Waals surface area contributed by atoms with Gasteiger partial charge in [-0.25, -0.2) is 4.68 Å². The smallest absolute Gasteiger partial charge is 0.227 e. The van der Waals surface area contributed by atoms with Crippen LogP contribution in [0, 0.1) is 0 Å². The molecule has 0 radical (unpaired) electrons. The molecule has 0 unspecified atom stereocenters. The first kappa shape index (κ1) is 17.8. The predicted molar refractivity (Wildman–Crippen MR) is 110 cm³/mol. The average molecular weight is 405 g/mol. The van der Waals surface area contributed by atoms with Gasteiger partial charge in [0.1, 0.15) is 5.82 Å².